The molecule has 1 rings (SSSR count). The predicted molar refractivity (Wildman–Crippen MR) is 57.2 cm³/mol. The topological polar surface area (TPSA) is 54.4 Å². The van der Waals surface area contributed by atoms with E-state index in [-0.39, 0.29) is 5.56 Å². The SMILES string of the molecule is Cc1cc(C(=O)O)ccc1C(C)(C)C=O. The van der Waals surface area contributed by atoms with Crippen LogP contribution in [0, 0.1) is 6.92 Å². The molecule has 1 N–H and O–H groups in total. The van der Waals surface area contributed by atoms with Gasteiger partial charge in [0, 0.05) is 5.41 Å². The number of aromatic carboxylic acids is 1. The van der Waals surface area contributed by atoms with Crippen molar-refractivity contribution in [2.24, 2.45) is 0 Å². The lowest BCUT2D eigenvalue weighted by Gasteiger charge is -2.20. The van der Waals surface area contributed by atoms with Gasteiger partial charge >= 0.3 is 5.97 Å². The van der Waals surface area contributed by atoms with Crippen molar-refractivity contribution in [3.8, 4) is 0 Å². The van der Waals surface area contributed by atoms with Crippen molar-refractivity contribution in [2.75, 3.05) is 0 Å². The fraction of sp³-hybridized carbons (Fsp3) is 0.333. The Hall–Kier alpha value is -1.64. The third kappa shape index (κ3) is 2.24. The number of carboxylic acid groups (broad SMARTS) is 1. The van der Waals surface area contributed by atoms with Gasteiger partial charge in [0.1, 0.15) is 6.29 Å². The summed E-state index contributed by atoms with van der Waals surface area (Å²) < 4.78 is 0. The third-order valence-corrected chi connectivity index (χ3v) is 2.46. The lowest BCUT2D eigenvalue weighted by atomic mass is 9.83. The minimum Gasteiger partial charge on any atom is -0.478 e. The second kappa shape index (κ2) is 3.85. The maximum Gasteiger partial charge on any atom is 0.335 e. The van der Waals surface area contributed by atoms with E-state index >= 15 is 0 Å². The minimum atomic E-state index is -0.950. The van der Waals surface area contributed by atoms with E-state index in [2.05, 4.69) is 0 Å². The van der Waals surface area contributed by atoms with Gasteiger partial charge in [-0.15, -0.1) is 0 Å². The summed E-state index contributed by atoms with van der Waals surface area (Å²) in [5, 5.41) is 8.79. The third-order valence-electron chi connectivity index (χ3n) is 2.46. The van der Waals surface area contributed by atoms with E-state index in [0.717, 1.165) is 17.4 Å². The largest absolute Gasteiger partial charge is 0.478 e. The molecule has 1 aromatic rings. The van der Waals surface area contributed by atoms with Gasteiger partial charge in [-0.2, -0.15) is 0 Å². The molecular weight excluding hydrogens is 192 g/mol. The van der Waals surface area contributed by atoms with Crippen LogP contribution in [0.3, 0.4) is 0 Å². The highest BCUT2D eigenvalue weighted by Crippen LogP contribution is 2.24. The maximum atomic E-state index is 10.9. The first-order valence-electron chi connectivity index (χ1n) is 4.69. The van der Waals surface area contributed by atoms with Crippen molar-refractivity contribution in [3.05, 3.63) is 34.9 Å². The monoisotopic (exact) mass is 206 g/mol. The van der Waals surface area contributed by atoms with Crippen molar-refractivity contribution in [3.63, 3.8) is 0 Å². The van der Waals surface area contributed by atoms with E-state index in [9.17, 15) is 9.59 Å². The Labute approximate surface area is 88.7 Å². The molecule has 15 heavy (non-hydrogen) atoms. The van der Waals surface area contributed by atoms with Crippen molar-refractivity contribution in [1.82, 2.24) is 0 Å². The van der Waals surface area contributed by atoms with E-state index in [1.165, 1.54) is 6.07 Å². The Morgan fingerprint density at radius 2 is 2.00 bits per heavy atom. The zero-order valence-corrected chi connectivity index (χ0v) is 9.07. The minimum absolute atomic E-state index is 0.248. The number of rotatable bonds is 3. The van der Waals surface area contributed by atoms with Gasteiger partial charge in [-0.1, -0.05) is 6.07 Å². The van der Waals surface area contributed by atoms with Gasteiger partial charge in [-0.3, -0.25) is 0 Å². The number of carbonyl (C=O) groups excluding carboxylic acids is 1. The molecule has 0 saturated carbocycles. The molecule has 0 aliphatic carbocycles. The van der Waals surface area contributed by atoms with E-state index in [1.807, 2.05) is 20.8 Å². The fourth-order valence-corrected chi connectivity index (χ4v) is 1.58. The van der Waals surface area contributed by atoms with Crippen molar-refractivity contribution < 1.29 is 14.7 Å². The summed E-state index contributed by atoms with van der Waals surface area (Å²) >= 11 is 0. The van der Waals surface area contributed by atoms with E-state index in [0.29, 0.717) is 0 Å². The van der Waals surface area contributed by atoms with Crippen LogP contribution in [0.15, 0.2) is 18.2 Å². The molecule has 0 spiro atoms. The van der Waals surface area contributed by atoms with Gasteiger partial charge in [0.05, 0.1) is 5.56 Å². The molecule has 0 bridgehead atoms. The molecule has 0 radical (unpaired) electrons. The van der Waals surface area contributed by atoms with Crippen LogP contribution in [-0.2, 0) is 10.2 Å². The molecule has 0 atom stereocenters. The molecule has 1 aromatic carbocycles. The van der Waals surface area contributed by atoms with Gasteiger partial charge in [0.2, 0.25) is 0 Å². The zero-order chi connectivity index (χ0) is 11.6. The first-order valence-corrected chi connectivity index (χ1v) is 4.69. The highest BCUT2D eigenvalue weighted by molar-refractivity contribution is 5.88. The molecule has 0 saturated heterocycles. The van der Waals surface area contributed by atoms with Crippen molar-refractivity contribution in [2.45, 2.75) is 26.2 Å². The standard InChI is InChI=1S/C12H14O3/c1-8-6-9(11(14)15)4-5-10(8)12(2,3)7-13/h4-7H,1-3H3,(H,14,15). The molecular formula is C12H14O3. The first kappa shape index (κ1) is 11.4. The molecule has 0 unspecified atom stereocenters. The molecule has 3 nitrogen and oxygen atoms in total. The average molecular weight is 206 g/mol. The lowest BCUT2D eigenvalue weighted by Crippen LogP contribution is -2.20. The molecule has 0 heterocycles. The summed E-state index contributed by atoms with van der Waals surface area (Å²) in [6.45, 7) is 5.43. The Morgan fingerprint density at radius 3 is 2.40 bits per heavy atom. The zero-order valence-electron chi connectivity index (χ0n) is 9.07. The van der Waals surface area contributed by atoms with Crippen LogP contribution in [0.25, 0.3) is 0 Å². The van der Waals surface area contributed by atoms with Crippen LogP contribution in [0.5, 0.6) is 0 Å². The molecule has 0 aliphatic heterocycles. The number of hydrogen-bond acceptors (Lipinski definition) is 2. The summed E-state index contributed by atoms with van der Waals surface area (Å²) in [5.41, 5.74) is 1.37. The molecule has 0 aliphatic rings. The van der Waals surface area contributed by atoms with Gasteiger partial charge in [-0.25, -0.2) is 4.79 Å². The number of aryl methyl sites for hydroxylation is 1. The molecule has 0 fully saturated rings. The van der Waals surface area contributed by atoms with E-state index in [1.54, 1.807) is 12.1 Å². The second-order valence-electron chi connectivity index (χ2n) is 4.17. The summed E-state index contributed by atoms with van der Waals surface area (Å²) in [5.74, 6) is -0.950. The highest BCUT2D eigenvalue weighted by Gasteiger charge is 2.22. The van der Waals surface area contributed by atoms with Crippen LogP contribution < -0.4 is 0 Å². The van der Waals surface area contributed by atoms with Gasteiger partial charge in [0.15, 0.2) is 0 Å². The summed E-state index contributed by atoms with van der Waals surface area (Å²) in [6, 6.07) is 4.81. The van der Waals surface area contributed by atoms with E-state index in [4.69, 9.17) is 5.11 Å². The average Bonchev–Trinajstić information content (AvgIpc) is 2.17. The number of benzene rings is 1. The second-order valence-corrected chi connectivity index (χ2v) is 4.17. The lowest BCUT2D eigenvalue weighted by molar-refractivity contribution is -0.111. The predicted octanol–water partition coefficient (Wildman–Crippen LogP) is 2.17. The van der Waals surface area contributed by atoms with Gasteiger partial charge < -0.3 is 9.90 Å². The van der Waals surface area contributed by atoms with Gasteiger partial charge in [0.25, 0.3) is 0 Å². The fourth-order valence-electron chi connectivity index (χ4n) is 1.58. The van der Waals surface area contributed by atoms with Crippen LogP contribution in [0.2, 0.25) is 0 Å². The number of carbonyl (C=O) groups is 2. The Kier molecular flexibility index (Phi) is 2.93. The molecule has 0 amide bonds. The van der Waals surface area contributed by atoms with E-state index < -0.39 is 11.4 Å². The van der Waals surface area contributed by atoms with Crippen molar-refractivity contribution in [1.29, 1.82) is 0 Å². The number of hydrogen-bond donors (Lipinski definition) is 1. The summed E-state index contributed by atoms with van der Waals surface area (Å²) in [6.07, 6.45) is 0.871. The van der Waals surface area contributed by atoms with Gasteiger partial charge in [-0.05, 0) is 44.0 Å². The normalized spacial score (nSPS) is 11.1. The Morgan fingerprint density at radius 1 is 1.40 bits per heavy atom. The van der Waals surface area contributed by atoms with Crippen LogP contribution in [-0.4, -0.2) is 17.4 Å². The van der Waals surface area contributed by atoms with Crippen molar-refractivity contribution >= 4 is 12.3 Å². The molecule has 0 aromatic heterocycles. The highest BCUT2D eigenvalue weighted by atomic mass is 16.4. The maximum absolute atomic E-state index is 10.9. The summed E-state index contributed by atoms with van der Waals surface area (Å²) in [7, 11) is 0. The summed E-state index contributed by atoms with van der Waals surface area (Å²) in [4.78, 5) is 21.6. The Bertz CT molecular complexity index is 405. The van der Waals surface area contributed by atoms with Crippen LogP contribution in [0.1, 0.15) is 35.3 Å². The number of aldehydes is 1. The quantitative estimate of drug-likeness (QED) is 0.771. The molecule has 80 valence electrons. The number of carboxylic acids is 1. The van der Waals surface area contributed by atoms with Crippen LogP contribution >= 0.6 is 0 Å². The smallest absolute Gasteiger partial charge is 0.335 e. The Balaban J connectivity index is 3.25. The first-order chi connectivity index (χ1) is 6.88. The van der Waals surface area contributed by atoms with Crippen LogP contribution in [0.4, 0.5) is 0 Å². The molecule has 3 heteroatoms.